The van der Waals surface area contributed by atoms with Crippen molar-refractivity contribution >= 4 is 11.6 Å². The molecular formula is C12H21N5O. The van der Waals surface area contributed by atoms with Gasteiger partial charge in [-0.05, 0) is 38.5 Å². The molecule has 0 atom stereocenters. The van der Waals surface area contributed by atoms with Gasteiger partial charge in [-0.25, -0.2) is 15.8 Å². The lowest BCUT2D eigenvalue weighted by Crippen LogP contribution is -2.24. The highest BCUT2D eigenvalue weighted by Crippen LogP contribution is 2.25. The Kier molecular flexibility index (Phi) is 4.33. The first-order valence-electron chi connectivity index (χ1n) is 6.41. The minimum atomic E-state index is -0.102. The molecular weight excluding hydrogens is 230 g/mol. The molecule has 1 aliphatic rings. The smallest absolute Gasteiger partial charge is 0.148 e. The molecule has 0 spiro atoms. The van der Waals surface area contributed by atoms with E-state index in [4.69, 9.17) is 5.84 Å². The molecule has 1 saturated carbocycles. The van der Waals surface area contributed by atoms with E-state index in [0.717, 1.165) is 43.6 Å². The predicted molar refractivity (Wildman–Crippen MR) is 71.0 cm³/mol. The highest BCUT2D eigenvalue weighted by molar-refractivity contribution is 5.55. The number of nitrogen functional groups attached to an aromatic ring is 1. The van der Waals surface area contributed by atoms with Crippen molar-refractivity contribution in [3.63, 3.8) is 0 Å². The maximum Gasteiger partial charge on any atom is 0.148 e. The van der Waals surface area contributed by atoms with Crippen LogP contribution in [0.25, 0.3) is 0 Å². The number of aliphatic hydroxyl groups is 1. The van der Waals surface area contributed by atoms with Crippen LogP contribution in [-0.4, -0.2) is 27.7 Å². The molecule has 6 heteroatoms. The Balaban J connectivity index is 1.90. The quantitative estimate of drug-likeness (QED) is 0.471. The van der Waals surface area contributed by atoms with Crippen LogP contribution < -0.4 is 16.6 Å². The second kappa shape index (κ2) is 5.97. The molecule has 1 heterocycles. The van der Waals surface area contributed by atoms with Gasteiger partial charge in [-0.2, -0.15) is 0 Å². The molecule has 1 aromatic rings. The van der Waals surface area contributed by atoms with Crippen LogP contribution in [0.1, 0.15) is 31.2 Å². The van der Waals surface area contributed by atoms with E-state index in [1.54, 1.807) is 0 Å². The first-order chi connectivity index (χ1) is 8.70. The molecule has 2 rings (SSSR count). The van der Waals surface area contributed by atoms with Gasteiger partial charge in [-0.1, -0.05) is 0 Å². The van der Waals surface area contributed by atoms with Crippen molar-refractivity contribution in [1.82, 2.24) is 9.97 Å². The molecule has 0 aromatic carbocycles. The Hall–Kier alpha value is -1.40. The number of nitrogens with one attached hydrogen (secondary N) is 2. The van der Waals surface area contributed by atoms with E-state index in [2.05, 4.69) is 20.7 Å². The van der Waals surface area contributed by atoms with E-state index in [-0.39, 0.29) is 6.10 Å². The van der Waals surface area contributed by atoms with E-state index in [0.29, 0.717) is 11.7 Å². The molecule has 0 aliphatic heterocycles. The molecule has 0 amide bonds. The summed E-state index contributed by atoms with van der Waals surface area (Å²) in [5.41, 5.74) is 3.48. The third-order valence-corrected chi connectivity index (χ3v) is 3.60. The Morgan fingerprint density at radius 1 is 1.28 bits per heavy atom. The largest absolute Gasteiger partial charge is 0.393 e. The average molecular weight is 251 g/mol. The number of hydrazine groups is 1. The fourth-order valence-corrected chi connectivity index (χ4v) is 2.36. The van der Waals surface area contributed by atoms with Crippen molar-refractivity contribution in [2.45, 2.75) is 38.7 Å². The van der Waals surface area contributed by atoms with Crippen LogP contribution in [-0.2, 0) is 0 Å². The van der Waals surface area contributed by atoms with Crippen LogP contribution in [0.2, 0.25) is 0 Å². The molecule has 0 radical (unpaired) electrons. The van der Waals surface area contributed by atoms with Crippen molar-refractivity contribution in [2.75, 3.05) is 17.3 Å². The van der Waals surface area contributed by atoms with Gasteiger partial charge in [-0.15, -0.1) is 0 Å². The monoisotopic (exact) mass is 251 g/mol. The van der Waals surface area contributed by atoms with E-state index in [1.807, 2.05) is 6.92 Å². The summed E-state index contributed by atoms with van der Waals surface area (Å²) >= 11 is 0. The van der Waals surface area contributed by atoms with Crippen molar-refractivity contribution in [3.05, 3.63) is 11.9 Å². The zero-order valence-electron chi connectivity index (χ0n) is 10.7. The van der Waals surface area contributed by atoms with E-state index < -0.39 is 0 Å². The molecule has 5 N–H and O–H groups in total. The molecule has 0 unspecified atom stereocenters. The number of aromatic nitrogens is 2. The first kappa shape index (κ1) is 13.0. The third kappa shape index (κ3) is 3.08. The Morgan fingerprint density at radius 2 is 1.94 bits per heavy atom. The van der Waals surface area contributed by atoms with Crippen LogP contribution in [0.3, 0.4) is 0 Å². The van der Waals surface area contributed by atoms with Gasteiger partial charge in [0, 0.05) is 12.1 Å². The third-order valence-electron chi connectivity index (χ3n) is 3.60. The van der Waals surface area contributed by atoms with Gasteiger partial charge in [0.2, 0.25) is 0 Å². The summed E-state index contributed by atoms with van der Waals surface area (Å²) in [5, 5.41) is 12.8. The zero-order chi connectivity index (χ0) is 13.0. The molecule has 0 bridgehead atoms. The second-order valence-electron chi connectivity index (χ2n) is 4.90. The maximum atomic E-state index is 9.46. The van der Waals surface area contributed by atoms with Crippen LogP contribution >= 0.6 is 0 Å². The van der Waals surface area contributed by atoms with Gasteiger partial charge < -0.3 is 15.8 Å². The molecule has 0 saturated heterocycles. The van der Waals surface area contributed by atoms with E-state index >= 15 is 0 Å². The van der Waals surface area contributed by atoms with Gasteiger partial charge in [0.1, 0.15) is 18.0 Å². The average Bonchev–Trinajstić information content (AvgIpc) is 2.39. The van der Waals surface area contributed by atoms with Crippen molar-refractivity contribution in [3.8, 4) is 0 Å². The van der Waals surface area contributed by atoms with Crippen LogP contribution in [0.5, 0.6) is 0 Å². The molecule has 18 heavy (non-hydrogen) atoms. The van der Waals surface area contributed by atoms with Crippen molar-refractivity contribution < 1.29 is 5.11 Å². The fourth-order valence-electron chi connectivity index (χ4n) is 2.36. The fraction of sp³-hybridized carbons (Fsp3) is 0.667. The Morgan fingerprint density at radius 3 is 2.61 bits per heavy atom. The number of rotatable bonds is 4. The van der Waals surface area contributed by atoms with Gasteiger partial charge in [0.25, 0.3) is 0 Å². The van der Waals surface area contributed by atoms with E-state index in [1.165, 1.54) is 6.33 Å². The summed E-state index contributed by atoms with van der Waals surface area (Å²) in [6, 6.07) is 0. The highest BCUT2D eigenvalue weighted by Gasteiger charge is 2.19. The van der Waals surface area contributed by atoms with Crippen LogP contribution in [0.15, 0.2) is 6.33 Å². The highest BCUT2D eigenvalue weighted by atomic mass is 16.3. The standard InChI is InChI=1S/C12H21N5O/c1-8-11(15-7-16-12(8)17-13)14-6-9-2-4-10(18)5-3-9/h7,9-10,18H,2-6,13H2,1H3,(H2,14,15,16,17). The van der Waals surface area contributed by atoms with Crippen molar-refractivity contribution in [2.24, 2.45) is 11.8 Å². The SMILES string of the molecule is Cc1c(NN)ncnc1NCC1CCC(O)CC1. The summed E-state index contributed by atoms with van der Waals surface area (Å²) in [6.07, 6.45) is 5.35. The van der Waals surface area contributed by atoms with Crippen LogP contribution in [0.4, 0.5) is 11.6 Å². The summed E-state index contributed by atoms with van der Waals surface area (Å²) in [5.74, 6) is 7.45. The molecule has 1 aliphatic carbocycles. The van der Waals surface area contributed by atoms with Gasteiger partial charge in [-0.3, -0.25) is 0 Å². The number of anilines is 2. The topological polar surface area (TPSA) is 96.1 Å². The van der Waals surface area contributed by atoms with E-state index in [9.17, 15) is 5.11 Å². The lowest BCUT2D eigenvalue weighted by atomic mass is 9.87. The second-order valence-corrected chi connectivity index (χ2v) is 4.90. The molecule has 6 nitrogen and oxygen atoms in total. The number of hydrogen-bond donors (Lipinski definition) is 4. The summed E-state index contributed by atoms with van der Waals surface area (Å²) in [4.78, 5) is 8.26. The van der Waals surface area contributed by atoms with Gasteiger partial charge in [0.05, 0.1) is 6.10 Å². The normalized spacial score (nSPS) is 23.7. The lowest BCUT2D eigenvalue weighted by Gasteiger charge is -2.25. The summed E-state index contributed by atoms with van der Waals surface area (Å²) < 4.78 is 0. The van der Waals surface area contributed by atoms with Gasteiger partial charge in [0.15, 0.2) is 0 Å². The Labute approximate surface area is 107 Å². The number of hydrogen-bond acceptors (Lipinski definition) is 6. The van der Waals surface area contributed by atoms with Gasteiger partial charge >= 0.3 is 0 Å². The number of nitrogens with zero attached hydrogens (tertiary/aromatic N) is 2. The molecule has 100 valence electrons. The number of nitrogens with two attached hydrogens (primary N) is 1. The summed E-state index contributed by atoms with van der Waals surface area (Å²) in [6.45, 7) is 2.82. The first-order valence-corrected chi connectivity index (χ1v) is 6.41. The van der Waals surface area contributed by atoms with Crippen molar-refractivity contribution in [1.29, 1.82) is 0 Å². The number of aliphatic hydroxyl groups excluding tert-OH is 1. The minimum absolute atomic E-state index is 0.102. The molecule has 1 fully saturated rings. The zero-order valence-corrected chi connectivity index (χ0v) is 10.7. The van der Waals surface area contributed by atoms with Crippen LogP contribution in [0, 0.1) is 12.8 Å². The minimum Gasteiger partial charge on any atom is -0.393 e. The predicted octanol–water partition coefficient (Wildman–Crippen LogP) is 1.03. The summed E-state index contributed by atoms with van der Waals surface area (Å²) in [7, 11) is 0. The maximum absolute atomic E-state index is 9.46. The molecule has 1 aromatic heterocycles. The Bertz CT molecular complexity index is 390. The lowest BCUT2D eigenvalue weighted by molar-refractivity contribution is 0.111.